The lowest BCUT2D eigenvalue weighted by Crippen LogP contribution is -2.25. The van der Waals surface area contributed by atoms with Gasteiger partial charge in [0.15, 0.2) is 0 Å². The number of alkyl halides is 1. The summed E-state index contributed by atoms with van der Waals surface area (Å²) in [6, 6.07) is -0.487. The molecule has 3 nitrogen and oxygen atoms in total. The highest BCUT2D eigenvalue weighted by Gasteiger charge is 2.36. The Balaban J connectivity index is 2.40. The van der Waals surface area contributed by atoms with Gasteiger partial charge in [-0.1, -0.05) is 0 Å². The molecule has 4 heteroatoms. The third-order valence-electron chi connectivity index (χ3n) is 2.15. The SMILES string of the molecule is CCOC(=O)[C@H]1C[C@H](N)[C@@H](F)C1. The molecule has 1 fully saturated rings. The number of carbonyl (C=O) groups excluding carboxylic acids is 1. The van der Waals surface area contributed by atoms with E-state index in [2.05, 4.69) is 0 Å². The first-order valence-electron chi connectivity index (χ1n) is 4.21. The quantitative estimate of drug-likeness (QED) is 0.626. The van der Waals surface area contributed by atoms with Gasteiger partial charge in [-0.3, -0.25) is 4.79 Å². The molecule has 0 aromatic heterocycles. The molecule has 0 aromatic carbocycles. The first kappa shape index (κ1) is 9.45. The first-order valence-corrected chi connectivity index (χ1v) is 4.21. The van der Waals surface area contributed by atoms with Crippen LogP contribution >= 0.6 is 0 Å². The Morgan fingerprint density at radius 2 is 2.33 bits per heavy atom. The molecule has 70 valence electrons. The second-order valence-corrected chi connectivity index (χ2v) is 3.10. The zero-order valence-electron chi connectivity index (χ0n) is 7.13. The number of ether oxygens (including phenoxy) is 1. The van der Waals surface area contributed by atoms with Crippen LogP contribution in [-0.2, 0) is 9.53 Å². The summed E-state index contributed by atoms with van der Waals surface area (Å²) in [7, 11) is 0. The van der Waals surface area contributed by atoms with Gasteiger partial charge < -0.3 is 10.5 Å². The van der Waals surface area contributed by atoms with Crippen LogP contribution in [0.4, 0.5) is 4.39 Å². The van der Waals surface area contributed by atoms with Crippen molar-refractivity contribution in [1.82, 2.24) is 0 Å². The van der Waals surface area contributed by atoms with Crippen molar-refractivity contribution in [3.8, 4) is 0 Å². The number of hydrogen-bond acceptors (Lipinski definition) is 3. The minimum atomic E-state index is -1.04. The highest BCUT2D eigenvalue weighted by molar-refractivity contribution is 5.73. The Morgan fingerprint density at radius 3 is 2.75 bits per heavy atom. The van der Waals surface area contributed by atoms with Crippen LogP contribution in [0.1, 0.15) is 19.8 Å². The van der Waals surface area contributed by atoms with Crippen LogP contribution in [0, 0.1) is 5.92 Å². The van der Waals surface area contributed by atoms with Gasteiger partial charge in [0.05, 0.1) is 12.5 Å². The highest BCUT2D eigenvalue weighted by atomic mass is 19.1. The van der Waals surface area contributed by atoms with Crippen molar-refractivity contribution in [3.63, 3.8) is 0 Å². The summed E-state index contributed by atoms with van der Waals surface area (Å²) in [5, 5.41) is 0. The molecule has 0 amide bonds. The normalized spacial score (nSPS) is 35.1. The summed E-state index contributed by atoms with van der Waals surface area (Å²) < 4.78 is 17.6. The van der Waals surface area contributed by atoms with Crippen molar-refractivity contribution in [2.24, 2.45) is 11.7 Å². The Labute approximate surface area is 71.1 Å². The second kappa shape index (κ2) is 3.85. The van der Waals surface area contributed by atoms with Crippen LogP contribution in [0.5, 0.6) is 0 Å². The van der Waals surface area contributed by atoms with Crippen LogP contribution in [0.25, 0.3) is 0 Å². The summed E-state index contributed by atoms with van der Waals surface area (Å²) in [5.74, 6) is -0.636. The van der Waals surface area contributed by atoms with Crippen LogP contribution in [0.3, 0.4) is 0 Å². The van der Waals surface area contributed by atoms with Crippen molar-refractivity contribution >= 4 is 5.97 Å². The summed E-state index contributed by atoms with van der Waals surface area (Å²) >= 11 is 0. The van der Waals surface area contributed by atoms with E-state index in [0.29, 0.717) is 13.0 Å². The molecule has 1 aliphatic carbocycles. The lowest BCUT2D eigenvalue weighted by atomic mass is 10.1. The summed E-state index contributed by atoms with van der Waals surface area (Å²) in [6.45, 7) is 2.08. The number of nitrogens with two attached hydrogens (primary N) is 1. The zero-order chi connectivity index (χ0) is 9.14. The highest BCUT2D eigenvalue weighted by Crippen LogP contribution is 2.27. The van der Waals surface area contributed by atoms with E-state index < -0.39 is 12.2 Å². The molecule has 0 heterocycles. The molecule has 0 aliphatic heterocycles. The van der Waals surface area contributed by atoms with Gasteiger partial charge in [-0.15, -0.1) is 0 Å². The minimum Gasteiger partial charge on any atom is -0.466 e. The van der Waals surface area contributed by atoms with E-state index in [9.17, 15) is 9.18 Å². The second-order valence-electron chi connectivity index (χ2n) is 3.10. The van der Waals surface area contributed by atoms with E-state index in [1.165, 1.54) is 0 Å². The molecule has 0 radical (unpaired) electrons. The maximum atomic E-state index is 12.8. The molecule has 2 N–H and O–H groups in total. The largest absolute Gasteiger partial charge is 0.466 e. The van der Waals surface area contributed by atoms with Gasteiger partial charge in [-0.25, -0.2) is 4.39 Å². The molecule has 1 saturated carbocycles. The minimum absolute atomic E-state index is 0.222. The summed E-state index contributed by atoms with van der Waals surface area (Å²) in [4.78, 5) is 11.1. The molecule has 1 rings (SSSR count). The van der Waals surface area contributed by atoms with E-state index in [0.717, 1.165) is 0 Å². The molecule has 1 aliphatic rings. The van der Waals surface area contributed by atoms with Gasteiger partial charge in [0.2, 0.25) is 0 Å². The fourth-order valence-electron chi connectivity index (χ4n) is 1.47. The Kier molecular flexibility index (Phi) is 3.03. The Bertz CT molecular complexity index is 164. The third-order valence-corrected chi connectivity index (χ3v) is 2.15. The number of esters is 1. The fourth-order valence-corrected chi connectivity index (χ4v) is 1.47. The molecule has 3 atom stereocenters. The molecule has 0 spiro atoms. The first-order chi connectivity index (χ1) is 5.65. The van der Waals surface area contributed by atoms with Crippen LogP contribution < -0.4 is 5.73 Å². The monoisotopic (exact) mass is 175 g/mol. The van der Waals surface area contributed by atoms with Crippen molar-refractivity contribution in [3.05, 3.63) is 0 Å². The van der Waals surface area contributed by atoms with Gasteiger partial charge in [0.25, 0.3) is 0 Å². The standard InChI is InChI=1S/C8H14FNO2/c1-2-12-8(11)5-3-6(9)7(10)4-5/h5-7H,2-4,10H2,1H3/t5-,6+,7+/m1/s1. The fraction of sp³-hybridized carbons (Fsp3) is 0.875. The third kappa shape index (κ3) is 1.94. The topological polar surface area (TPSA) is 52.3 Å². The van der Waals surface area contributed by atoms with Crippen LogP contribution in [0.15, 0.2) is 0 Å². The summed E-state index contributed by atoms with van der Waals surface area (Å²) in [5.41, 5.74) is 5.42. The molecule has 12 heavy (non-hydrogen) atoms. The summed E-state index contributed by atoms with van der Waals surface area (Å²) in [6.07, 6.45) is -0.403. The lowest BCUT2D eigenvalue weighted by molar-refractivity contribution is -0.147. The smallest absolute Gasteiger partial charge is 0.309 e. The zero-order valence-corrected chi connectivity index (χ0v) is 7.13. The Hall–Kier alpha value is -0.640. The van der Waals surface area contributed by atoms with Gasteiger partial charge in [0, 0.05) is 6.04 Å². The molecule has 0 unspecified atom stereocenters. The number of carbonyl (C=O) groups is 1. The lowest BCUT2D eigenvalue weighted by Gasteiger charge is -2.06. The number of halogens is 1. The van der Waals surface area contributed by atoms with E-state index in [-0.39, 0.29) is 18.3 Å². The van der Waals surface area contributed by atoms with Gasteiger partial charge in [0.1, 0.15) is 6.17 Å². The van der Waals surface area contributed by atoms with Gasteiger partial charge in [-0.2, -0.15) is 0 Å². The van der Waals surface area contributed by atoms with Gasteiger partial charge >= 0.3 is 5.97 Å². The average molecular weight is 175 g/mol. The van der Waals surface area contributed by atoms with Crippen molar-refractivity contribution < 1.29 is 13.9 Å². The molecular weight excluding hydrogens is 161 g/mol. The molecular formula is C8H14FNO2. The Morgan fingerprint density at radius 1 is 1.67 bits per heavy atom. The van der Waals surface area contributed by atoms with Crippen molar-refractivity contribution in [1.29, 1.82) is 0 Å². The van der Waals surface area contributed by atoms with Crippen LogP contribution in [-0.4, -0.2) is 24.8 Å². The average Bonchev–Trinajstić information content (AvgIpc) is 2.33. The maximum Gasteiger partial charge on any atom is 0.309 e. The van der Waals surface area contributed by atoms with E-state index in [1.807, 2.05) is 0 Å². The number of hydrogen-bond donors (Lipinski definition) is 1. The molecule has 0 aromatic rings. The van der Waals surface area contributed by atoms with E-state index in [4.69, 9.17) is 10.5 Å². The van der Waals surface area contributed by atoms with Gasteiger partial charge in [-0.05, 0) is 19.8 Å². The molecule has 0 saturated heterocycles. The molecule has 0 bridgehead atoms. The number of rotatable bonds is 2. The predicted molar refractivity (Wildman–Crippen MR) is 42.2 cm³/mol. The van der Waals surface area contributed by atoms with Crippen molar-refractivity contribution in [2.75, 3.05) is 6.61 Å². The maximum absolute atomic E-state index is 12.8. The van der Waals surface area contributed by atoms with E-state index >= 15 is 0 Å². The van der Waals surface area contributed by atoms with Crippen LogP contribution in [0.2, 0.25) is 0 Å². The van der Waals surface area contributed by atoms with Crippen molar-refractivity contribution in [2.45, 2.75) is 32.0 Å². The van der Waals surface area contributed by atoms with E-state index in [1.54, 1.807) is 6.92 Å². The predicted octanol–water partition coefficient (Wildman–Crippen LogP) is 0.625.